The van der Waals surface area contributed by atoms with Gasteiger partial charge in [0.2, 0.25) is 17.7 Å². The molecule has 35 heavy (non-hydrogen) atoms. The van der Waals surface area contributed by atoms with Gasteiger partial charge in [-0.15, -0.1) is 0 Å². The number of aromatic amines is 1. The molecule has 0 saturated carbocycles. The van der Waals surface area contributed by atoms with E-state index < -0.39 is 35.9 Å². The topological polar surface area (TPSA) is 152 Å². The summed E-state index contributed by atoms with van der Waals surface area (Å²) in [5, 5.41) is 21.6. The molecule has 0 bridgehead atoms. The van der Waals surface area contributed by atoms with Crippen LogP contribution < -0.4 is 21.3 Å². The van der Waals surface area contributed by atoms with Gasteiger partial charge in [0, 0.05) is 29.3 Å². The molecule has 190 valence electrons. The average Bonchev–Trinajstić information content (AvgIpc) is 3.50. The Labute approximate surface area is 209 Å². The third-order valence-corrected chi connectivity index (χ3v) is 6.52. The lowest BCUT2D eigenvalue weighted by molar-refractivity contribution is -0.142. The second-order valence-electron chi connectivity index (χ2n) is 9.09. The van der Waals surface area contributed by atoms with Crippen molar-refractivity contribution in [2.75, 3.05) is 12.3 Å². The van der Waals surface area contributed by atoms with Crippen molar-refractivity contribution in [3.05, 3.63) is 36.0 Å². The molecule has 10 nitrogen and oxygen atoms in total. The van der Waals surface area contributed by atoms with Gasteiger partial charge in [0.05, 0.1) is 6.04 Å². The Kier molecular flexibility index (Phi) is 9.16. The highest BCUT2D eigenvalue weighted by atomic mass is 32.1. The van der Waals surface area contributed by atoms with Crippen LogP contribution in [-0.2, 0) is 25.6 Å². The Morgan fingerprint density at radius 3 is 2.43 bits per heavy atom. The van der Waals surface area contributed by atoms with Gasteiger partial charge in [-0.05, 0) is 36.9 Å². The molecule has 1 aliphatic rings. The quantitative estimate of drug-likeness (QED) is 0.223. The standard InChI is InChI=1S/C24H33N5O5S/c1-13(2)20(29-21(30)17-8-5-9-25-17)23(32)28-19(12-35)22(31)27-18(24(33)34)10-14-11-26-16-7-4-3-6-15(14)16/h3-4,6-7,11,13,17-20,25-26,35H,5,8-10,12H2,1-2H3,(H,27,31)(H,28,32)(H,29,30)(H,33,34). The molecule has 2 heterocycles. The summed E-state index contributed by atoms with van der Waals surface area (Å²) in [6.45, 7) is 4.34. The predicted molar refractivity (Wildman–Crippen MR) is 135 cm³/mol. The van der Waals surface area contributed by atoms with Crippen LogP contribution in [0.15, 0.2) is 30.5 Å². The highest BCUT2D eigenvalue weighted by Crippen LogP contribution is 2.19. The number of amides is 3. The molecule has 11 heteroatoms. The van der Waals surface area contributed by atoms with Crippen LogP contribution in [0, 0.1) is 5.92 Å². The van der Waals surface area contributed by atoms with Gasteiger partial charge in [0.15, 0.2) is 0 Å². The van der Waals surface area contributed by atoms with Gasteiger partial charge in [-0.1, -0.05) is 32.0 Å². The van der Waals surface area contributed by atoms with Crippen molar-refractivity contribution < 1.29 is 24.3 Å². The van der Waals surface area contributed by atoms with E-state index in [2.05, 4.69) is 38.9 Å². The number of hydrogen-bond acceptors (Lipinski definition) is 6. The average molecular weight is 504 g/mol. The number of para-hydroxylation sites is 1. The van der Waals surface area contributed by atoms with Gasteiger partial charge >= 0.3 is 5.97 Å². The molecule has 4 atom stereocenters. The summed E-state index contributed by atoms with van der Waals surface area (Å²) in [5.74, 6) is -2.90. The molecule has 1 fully saturated rings. The molecule has 0 aliphatic carbocycles. The lowest BCUT2D eigenvalue weighted by atomic mass is 10.0. The maximum Gasteiger partial charge on any atom is 0.326 e. The van der Waals surface area contributed by atoms with Gasteiger partial charge in [-0.2, -0.15) is 12.6 Å². The first kappa shape index (κ1) is 26.6. The van der Waals surface area contributed by atoms with E-state index in [9.17, 15) is 24.3 Å². The lowest BCUT2D eigenvalue weighted by Crippen LogP contribution is -2.59. The number of nitrogens with one attached hydrogen (secondary N) is 5. The number of carbonyl (C=O) groups is 4. The molecular formula is C24H33N5O5S. The molecule has 1 saturated heterocycles. The van der Waals surface area contributed by atoms with Crippen molar-refractivity contribution in [3.8, 4) is 0 Å². The highest BCUT2D eigenvalue weighted by molar-refractivity contribution is 7.80. The summed E-state index contributed by atoms with van der Waals surface area (Å²) < 4.78 is 0. The number of rotatable bonds is 11. The van der Waals surface area contributed by atoms with E-state index in [0.717, 1.165) is 29.4 Å². The number of thiol groups is 1. The summed E-state index contributed by atoms with van der Waals surface area (Å²) in [6.07, 6.45) is 3.38. The van der Waals surface area contributed by atoms with E-state index in [4.69, 9.17) is 0 Å². The van der Waals surface area contributed by atoms with Crippen molar-refractivity contribution in [3.63, 3.8) is 0 Å². The Hall–Kier alpha value is -3.05. The SMILES string of the molecule is CC(C)C(NC(=O)C1CCCN1)C(=O)NC(CS)C(=O)NC(Cc1c[nH]c2ccccc12)C(=O)O. The van der Waals surface area contributed by atoms with Gasteiger partial charge < -0.3 is 31.4 Å². The van der Waals surface area contributed by atoms with Crippen LogP contribution in [0.5, 0.6) is 0 Å². The molecule has 3 amide bonds. The van der Waals surface area contributed by atoms with Crippen LogP contribution in [0.2, 0.25) is 0 Å². The van der Waals surface area contributed by atoms with Crippen molar-refractivity contribution in [2.45, 2.75) is 57.3 Å². The van der Waals surface area contributed by atoms with Crippen LogP contribution >= 0.6 is 12.6 Å². The molecule has 4 unspecified atom stereocenters. The second kappa shape index (κ2) is 12.1. The van der Waals surface area contributed by atoms with Gasteiger partial charge in [0.25, 0.3) is 0 Å². The number of fused-ring (bicyclic) bond motifs is 1. The second-order valence-corrected chi connectivity index (χ2v) is 9.45. The zero-order valence-electron chi connectivity index (χ0n) is 19.8. The van der Waals surface area contributed by atoms with E-state index >= 15 is 0 Å². The zero-order chi connectivity index (χ0) is 25.5. The first-order chi connectivity index (χ1) is 16.7. The summed E-state index contributed by atoms with van der Waals surface area (Å²) in [7, 11) is 0. The Morgan fingerprint density at radius 2 is 1.80 bits per heavy atom. The fraction of sp³-hybridized carbons (Fsp3) is 0.500. The number of aromatic nitrogens is 1. The maximum atomic E-state index is 13.0. The zero-order valence-corrected chi connectivity index (χ0v) is 20.7. The normalized spacial score (nSPS) is 18.1. The fourth-order valence-electron chi connectivity index (χ4n) is 4.15. The molecule has 3 rings (SSSR count). The van der Waals surface area contributed by atoms with Gasteiger partial charge in [-0.25, -0.2) is 4.79 Å². The van der Waals surface area contributed by atoms with E-state index in [1.54, 1.807) is 20.0 Å². The van der Waals surface area contributed by atoms with Crippen LogP contribution in [0.25, 0.3) is 10.9 Å². The number of carboxylic acid groups (broad SMARTS) is 1. The number of H-pyrrole nitrogens is 1. The number of carboxylic acids is 1. The van der Waals surface area contributed by atoms with Crippen LogP contribution in [0.3, 0.4) is 0 Å². The van der Waals surface area contributed by atoms with Crippen LogP contribution in [0.4, 0.5) is 0 Å². The lowest BCUT2D eigenvalue weighted by Gasteiger charge is -2.26. The molecule has 0 spiro atoms. The van der Waals surface area contributed by atoms with Crippen LogP contribution in [0.1, 0.15) is 32.3 Å². The number of benzene rings is 1. The van der Waals surface area contributed by atoms with E-state index in [0.29, 0.717) is 6.42 Å². The first-order valence-corrected chi connectivity index (χ1v) is 12.4. The predicted octanol–water partition coefficient (Wildman–Crippen LogP) is 0.587. The number of carbonyl (C=O) groups excluding carboxylic acids is 3. The highest BCUT2D eigenvalue weighted by Gasteiger charge is 2.32. The Balaban J connectivity index is 1.64. The molecule has 1 aromatic carbocycles. The third kappa shape index (κ3) is 6.76. The molecule has 0 radical (unpaired) electrons. The monoisotopic (exact) mass is 503 g/mol. The van der Waals surface area contributed by atoms with Crippen molar-refractivity contribution in [1.29, 1.82) is 0 Å². The Morgan fingerprint density at radius 1 is 1.09 bits per heavy atom. The summed E-state index contributed by atoms with van der Waals surface area (Å²) in [5.41, 5.74) is 1.62. The van der Waals surface area contributed by atoms with Gasteiger partial charge in [-0.3, -0.25) is 14.4 Å². The molecule has 2 aromatic rings. The smallest absolute Gasteiger partial charge is 0.326 e. The molecular weight excluding hydrogens is 470 g/mol. The minimum Gasteiger partial charge on any atom is -0.480 e. The fourth-order valence-corrected chi connectivity index (χ4v) is 4.40. The summed E-state index contributed by atoms with van der Waals surface area (Å²) in [6, 6.07) is 4.03. The third-order valence-electron chi connectivity index (χ3n) is 6.15. The molecule has 6 N–H and O–H groups in total. The first-order valence-electron chi connectivity index (χ1n) is 11.7. The van der Waals surface area contributed by atoms with E-state index in [-0.39, 0.29) is 30.0 Å². The molecule has 1 aromatic heterocycles. The number of aliphatic carboxylic acids is 1. The number of hydrogen-bond donors (Lipinski definition) is 7. The summed E-state index contributed by atoms with van der Waals surface area (Å²) >= 11 is 4.18. The van der Waals surface area contributed by atoms with Gasteiger partial charge in [0.1, 0.15) is 18.1 Å². The minimum absolute atomic E-state index is 0.0417. The van der Waals surface area contributed by atoms with E-state index in [1.165, 1.54) is 0 Å². The van der Waals surface area contributed by atoms with E-state index in [1.807, 2.05) is 24.3 Å². The summed E-state index contributed by atoms with van der Waals surface area (Å²) in [4.78, 5) is 53.3. The van der Waals surface area contributed by atoms with Crippen molar-refractivity contribution in [2.24, 2.45) is 5.92 Å². The van der Waals surface area contributed by atoms with Crippen molar-refractivity contribution >= 4 is 47.2 Å². The largest absolute Gasteiger partial charge is 0.480 e. The minimum atomic E-state index is -1.20. The van der Waals surface area contributed by atoms with Crippen LogP contribution in [-0.4, -0.2) is 70.2 Å². The maximum absolute atomic E-state index is 13.0. The molecule has 1 aliphatic heterocycles. The Bertz CT molecular complexity index is 1070. The van der Waals surface area contributed by atoms with Crippen molar-refractivity contribution in [1.82, 2.24) is 26.3 Å².